The van der Waals surface area contributed by atoms with Gasteiger partial charge in [0.25, 0.3) is 0 Å². The zero-order valence-electron chi connectivity index (χ0n) is 11.6. The third-order valence-corrected chi connectivity index (χ3v) is 2.84. The Bertz CT molecular complexity index is 328. The van der Waals surface area contributed by atoms with Gasteiger partial charge in [-0.05, 0) is 12.8 Å². The maximum Gasteiger partial charge on any atom is 0.243 e. The maximum absolute atomic E-state index is 7.13. The van der Waals surface area contributed by atoms with E-state index in [4.69, 9.17) is 5.26 Å². The van der Waals surface area contributed by atoms with Crippen LogP contribution < -0.4 is 4.57 Å². The Kier molecular flexibility index (Phi) is 11.6. The smallest absolute Gasteiger partial charge is 0.243 e. The summed E-state index contributed by atoms with van der Waals surface area (Å²) in [4.78, 5) is 0. The van der Waals surface area contributed by atoms with Crippen LogP contribution >= 0.6 is 0 Å². The molecule has 0 spiro atoms. The lowest BCUT2D eigenvalue weighted by Crippen LogP contribution is -2.23. The monoisotopic (exact) mass is 267 g/mol. The summed E-state index contributed by atoms with van der Waals surface area (Å²) >= 11 is 3.70. The molecule has 0 aliphatic heterocycles. The van der Waals surface area contributed by atoms with Gasteiger partial charge in [-0.25, -0.2) is 14.4 Å². The van der Waals surface area contributed by atoms with E-state index in [0.717, 1.165) is 0 Å². The van der Waals surface area contributed by atoms with E-state index in [1.165, 1.54) is 56.9 Å². The molecule has 0 unspecified atom stereocenters. The molecule has 0 bridgehead atoms. The van der Waals surface area contributed by atoms with Gasteiger partial charge in [-0.15, -0.1) is 0 Å². The maximum atomic E-state index is 7.13. The van der Waals surface area contributed by atoms with Crippen LogP contribution in [0, 0.1) is 10.7 Å². The van der Waals surface area contributed by atoms with Crippen LogP contribution in [-0.2, 0) is 26.2 Å². The van der Waals surface area contributed by atoms with Crippen molar-refractivity contribution in [1.82, 2.24) is 4.57 Å². The van der Waals surface area contributed by atoms with Crippen LogP contribution in [0.1, 0.15) is 51.9 Å². The summed E-state index contributed by atoms with van der Waals surface area (Å²) in [5.41, 5.74) is 0. The molecule has 0 aliphatic carbocycles. The van der Waals surface area contributed by atoms with Gasteiger partial charge in [-0.2, -0.15) is 0 Å². The average molecular weight is 267 g/mol. The lowest BCUT2D eigenvalue weighted by Gasteiger charge is -1.99. The Morgan fingerprint density at radius 2 is 1.72 bits per heavy atom. The fourth-order valence-electron chi connectivity index (χ4n) is 1.89. The summed E-state index contributed by atoms with van der Waals surface area (Å²) in [6.07, 6.45) is 16.1. The number of hydrogen-bond donors (Lipinski definition) is 0. The van der Waals surface area contributed by atoms with Gasteiger partial charge in [-0.3, -0.25) is 0 Å². The third-order valence-electron chi connectivity index (χ3n) is 2.84. The lowest BCUT2D eigenvalue weighted by molar-refractivity contribution is -0.671. The molecule has 0 atom stereocenters. The van der Waals surface area contributed by atoms with Crippen LogP contribution in [0.25, 0.3) is 0 Å². The van der Waals surface area contributed by atoms with Crippen molar-refractivity contribution >= 4 is 12.6 Å². The zero-order chi connectivity index (χ0) is 13.6. The molecule has 3 nitrogen and oxygen atoms in total. The highest BCUT2D eigenvalue weighted by atomic mass is 32.1. The normalized spacial score (nSPS) is 9.39. The van der Waals surface area contributed by atoms with Crippen LogP contribution in [0.5, 0.6) is 0 Å². The van der Waals surface area contributed by atoms with E-state index >= 15 is 0 Å². The van der Waals surface area contributed by atoms with E-state index in [2.05, 4.69) is 54.5 Å². The standard InChI is InChI=1S/C13H25N2.CHNS/c1-3-4-5-6-7-8-9-10-15-12-11-14(2)13-15;2-1-3/h11-13H,3-10H2,1-2H3;3H/q+1;/p-1. The number of hydrogen-bond acceptors (Lipinski definition) is 2. The fourth-order valence-corrected chi connectivity index (χ4v) is 1.89. The topological polar surface area (TPSA) is 32.6 Å². The molecule has 4 heteroatoms. The first-order valence-electron chi connectivity index (χ1n) is 6.76. The van der Waals surface area contributed by atoms with Crippen molar-refractivity contribution in [2.45, 2.75) is 58.4 Å². The van der Waals surface area contributed by atoms with Crippen molar-refractivity contribution in [1.29, 1.82) is 5.26 Å². The van der Waals surface area contributed by atoms with E-state index < -0.39 is 0 Å². The molecule has 0 fully saturated rings. The summed E-state index contributed by atoms with van der Waals surface area (Å²) in [6, 6.07) is 0. The van der Waals surface area contributed by atoms with Gasteiger partial charge >= 0.3 is 0 Å². The molecule has 0 aliphatic rings. The van der Waals surface area contributed by atoms with Crippen LogP contribution in [0.2, 0.25) is 0 Å². The molecule has 102 valence electrons. The molecule has 0 N–H and O–H groups in total. The Morgan fingerprint density at radius 3 is 2.22 bits per heavy atom. The zero-order valence-corrected chi connectivity index (χ0v) is 12.5. The predicted octanol–water partition coefficient (Wildman–Crippen LogP) is 3.08. The average Bonchev–Trinajstić information content (AvgIpc) is 2.75. The van der Waals surface area contributed by atoms with Crippen molar-refractivity contribution in [2.75, 3.05) is 0 Å². The van der Waals surface area contributed by atoms with Gasteiger partial charge in [0.05, 0.1) is 13.6 Å². The van der Waals surface area contributed by atoms with Crippen LogP contribution in [0.15, 0.2) is 18.7 Å². The van der Waals surface area contributed by atoms with E-state index in [9.17, 15) is 0 Å². The fraction of sp³-hybridized carbons (Fsp3) is 0.714. The number of aromatic nitrogens is 2. The Balaban J connectivity index is 0.000000873. The first kappa shape index (κ1) is 16.9. The van der Waals surface area contributed by atoms with Crippen LogP contribution in [0.3, 0.4) is 0 Å². The second kappa shape index (κ2) is 12.4. The molecular formula is C14H25N3S. The molecule has 18 heavy (non-hydrogen) atoms. The molecule has 0 saturated heterocycles. The molecule has 0 aromatic carbocycles. The molecular weight excluding hydrogens is 242 g/mol. The second-order valence-electron chi connectivity index (χ2n) is 4.53. The van der Waals surface area contributed by atoms with Gasteiger partial charge in [0.2, 0.25) is 6.33 Å². The van der Waals surface area contributed by atoms with Gasteiger partial charge < -0.3 is 12.6 Å². The quantitative estimate of drug-likeness (QED) is 0.314. The Morgan fingerprint density at radius 1 is 1.17 bits per heavy atom. The summed E-state index contributed by atoms with van der Waals surface area (Å²) in [6.45, 7) is 3.45. The minimum Gasteiger partial charge on any atom is -0.696 e. The summed E-state index contributed by atoms with van der Waals surface area (Å²) in [7, 11) is 2.07. The van der Waals surface area contributed by atoms with Gasteiger partial charge in [0, 0.05) is 0 Å². The third kappa shape index (κ3) is 10.1. The van der Waals surface area contributed by atoms with E-state index in [0.29, 0.717) is 0 Å². The molecule has 1 rings (SSSR count). The molecule has 1 heterocycles. The van der Waals surface area contributed by atoms with Crippen LogP contribution in [-0.4, -0.2) is 4.57 Å². The minimum atomic E-state index is 1.18. The molecule has 0 amide bonds. The Labute approximate surface area is 117 Å². The van der Waals surface area contributed by atoms with Crippen molar-refractivity contribution in [3.63, 3.8) is 0 Å². The lowest BCUT2D eigenvalue weighted by atomic mass is 10.1. The summed E-state index contributed by atoms with van der Waals surface area (Å²) in [5, 5.41) is 8.47. The van der Waals surface area contributed by atoms with Crippen LogP contribution in [0.4, 0.5) is 0 Å². The van der Waals surface area contributed by atoms with E-state index in [-0.39, 0.29) is 0 Å². The highest BCUT2D eigenvalue weighted by Gasteiger charge is 1.98. The minimum absolute atomic E-state index is 1.18. The van der Waals surface area contributed by atoms with E-state index in [1.807, 2.05) is 0 Å². The van der Waals surface area contributed by atoms with Crippen molar-refractivity contribution in [3.05, 3.63) is 18.7 Å². The molecule has 0 saturated carbocycles. The van der Waals surface area contributed by atoms with Gasteiger partial charge in [-0.1, -0.05) is 44.4 Å². The van der Waals surface area contributed by atoms with Gasteiger partial charge in [0.1, 0.15) is 12.4 Å². The summed E-state index contributed by atoms with van der Waals surface area (Å²) in [5.74, 6) is 0. The number of nitriles is 1. The number of unbranched alkanes of at least 4 members (excludes halogenated alkanes) is 6. The number of rotatable bonds is 8. The summed E-state index contributed by atoms with van der Waals surface area (Å²) < 4.78 is 4.37. The first-order valence-corrected chi connectivity index (χ1v) is 7.17. The number of aryl methyl sites for hydroxylation is 2. The SMILES string of the molecule is CCCCCCCCCn1cc[n+](C)c1.N#C[S-]. The molecule has 1 aromatic rings. The Hall–Kier alpha value is -1.08. The van der Waals surface area contributed by atoms with Crippen molar-refractivity contribution < 1.29 is 4.57 Å². The second-order valence-corrected chi connectivity index (χ2v) is 4.71. The van der Waals surface area contributed by atoms with E-state index in [1.54, 1.807) is 0 Å². The largest absolute Gasteiger partial charge is 0.696 e. The van der Waals surface area contributed by atoms with Gasteiger partial charge in [0.15, 0.2) is 0 Å². The molecule has 1 aromatic heterocycles. The number of nitrogens with zero attached hydrogens (tertiary/aromatic N) is 3. The van der Waals surface area contributed by atoms with Crippen molar-refractivity contribution in [2.24, 2.45) is 7.05 Å². The number of thiocyanates is 1. The highest BCUT2D eigenvalue weighted by molar-refractivity contribution is 7.64. The van der Waals surface area contributed by atoms with Crippen molar-refractivity contribution in [3.8, 4) is 5.40 Å². The number of imidazole rings is 1. The highest BCUT2D eigenvalue weighted by Crippen LogP contribution is 2.07. The predicted molar refractivity (Wildman–Crippen MR) is 76.6 cm³/mol. The first-order chi connectivity index (χ1) is 8.74. The molecule has 0 radical (unpaired) electrons.